The van der Waals surface area contributed by atoms with Crippen molar-refractivity contribution in [3.8, 4) is 5.75 Å². The lowest BCUT2D eigenvalue weighted by molar-refractivity contribution is 0.0342. The third kappa shape index (κ3) is 6.21. The molecule has 2 fully saturated rings. The zero-order chi connectivity index (χ0) is 25.8. The molecule has 0 bridgehead atoms. The van der Waals surface area contributed by atoms with E-state index in [1.54, 1.807) is 12.1 Å². The summed E-state index contributed by atoms with van der Waals surface area (Å²) < 4.78 is 5.48. The Kier molecular flexibility index (Phi) is 8.20. The molecular weight excluding hydrogens is 492 g/mol. The van der Waals surface area contributed by atoms with Crippen LogP contribution in [0.1, 0.15) is 52.9 Å². The SMILES string of the molecule is O=C(NCc1ccc(Cl)cc1)c1nnc2c(CC[C@H]3CCC[C@@H]3O)cc(CN3CCOCC3)cc2c1O. The molecule has 2 aliphatic rings. The minimum Gasteiger partial charge on any atom is -0.505 e. The predicted octanol–water partition coefficient (Wildman–Crippen LogP) is 3.84. The van der Waals surface area contributed by atoms with Crippen LogP contribution in [0.25, 0.3) is 10.9 Å². The molecule has 196 valence electrons. The van der Waals surface area contributed by atoms with Crippen LogP contribution in [-0.4, -0.2) is 63.6 Å². The average molecular weight is 525 g/mol. The highest BCUT2D eigenvalue weighted by atomic mass is 35.5. The maximum absolute atomic E-state index is 12.9. The van der Waals surface area contributed by atoms with E-state index in [2.05, 4.69) is 26.5 Å². The highest BCUT2D eigenvalue weighted by Gasteiger charge is 2.26. The first-order chi connectivity index (χ1) is 18.0. The normalized spacial score (nSPS) is 20.4. The van der Waals surface area contributed by atoms with Crippen LogP contribution in [0, 0.1) is 5.92 Å². The first-order valence-corrected chi connectivity index (χ1v) is 13.4. The Labute approximate surface area is 221 Å². The number of halogens is 1. The third-order valence-corrected chi connectivity index (χ3v) is 7.72. The highest BCUT2D eigenvalue weighted by molar-refractivity contribution is 6.30. The summed E-state index contributed by atoms with van der Waals surface area (Å²) in [6.07, 6.45) is 4.27. The number of aryl methyl sites for hydroxylation is 1. The van der Waals surface area contributed by atoms with E-state index < -0.39 is 5.91 Å². The average Bonchev–Trinajstić information content (AvgIpc) is 3.32. The number of morpholine rings is 1. The number of nitrogens with zero attached hydrogens (tertiary/aromatic N) is 3. The minimum absolute atomic E-state index is 0.0952. The van der Waals surface area contributed by atoms with E-state index in [4.69, 9.17) is 16.3 Å². The molecule has 0 radical (unpaired) electrons. The fraction of sp³-hybridized carbons (Fsp3) is 0.464. The second kappa shape index (κ2) is 11.7. The molecule has 8 nitrogen and oxygen atoms in total. The van der Waals surface area contributed by atoms with Gasteiger partial charge in [-0.15, -0.1) is 10.2 Å². The van der Waals surface area contributed by atoms with E-state index in [9.17, 15) is 15.0 Å². The van der Waals surface area contributed by atoms with Gasteiger partial charge in [-0.2, -0.15) is 0 Å². The van der Waals surface area contributed by atoms with Crippen LogP contribution in [0.15, 0.2) is 36.4 Å². The van der Waals surface area contributed by atoms with Crippen molar-refractivity contribution in [2.75, 3.05) is 26.3 Å². The number of nitrogens with one attached hydrogen (secondary N) is 1. The fourth-order valence-corrected chi connectivity index (χ4v) is 5.48. The van der Waals surface area contributed by atoms with Gasteiger partial charge in [0, 0.05) is 36.6 Å². The van der Waals surface area contributed by atoms with Gasteiger partial charge >= 0.3 is 0 Å². The number of fused-ring (bicyclic) bond motifs is 1. The van der Waals surface area contributed by atoms with Gasteiger partial charge in [-0.3, -0.25) is 9.69 Å². The van der Waals surface area contributed by atoms with E-state index in [0.717, 1.165) is 68.4 Å². The number of aromatic hydroxyl groups is 1. The second-order valence-electron chi connectivity index (χ2n) is 10.0. The van der Waals surface area contributed by atoms with Gasteiger partial charge in [0.05, 0.1) is 24.8 Å². The summed E-state index contributed by atoms with van der Waals surface area (Å²) in [6, 6.07) is 11.2. The molecule has 2 heterocycles. The van der Waals surface area contributed by atoms with Gasteiger partial charge < -0.3 is 20.3 Å². The summed E-state index contributed by atoms with van der Waals surface area (Å²) in [6.45, 7) is 4.10. The number of carbonyl (C=O) groups is 1. The molecule has 2 aromatic carbocycles. The predicted molar refractivity (Wildman–Crippen MR) is 142 cm³/mol. The van der Waals surface area contributed by atoms with Crippen LogP contribution < -0.4 is 5.32 Å². The van der Waals surface area contributed by atoms with E-state index in [0.29, 0.717) is 29.1 Å². The number of ether oxygens (including phenoxy) is 1. The van der Waals surface area contributed by atoms with Crippen LogP contribution in [0.2, 0.25) is 5.02 Å². The smallest absolute Gasteiger partial charge is 0.275 e. The van der Waals surface area contributed by atoms with Crippen LogP contribution in [0.5, 0.6) is 5.75 Å². The summed E-state index contributed by atoms with van der Waals surface area (Å²) in [4.78, 5) is 15.2. The summed E-state index contributed by atoms with van der Waals surface area (Å²) in [7, 11) is 0. The molecule has 1 saturated heterocycles. The van der Waals surface area contributed by atoms with Crippen molar-refractivity contribution in [3.63, 3.8) is 0 Å². The standard InChI is InChI=1S/C28H33ClN4O4/c29-22-8-4-18(5-9-22)16-30-28(36)26-27(35)23-15-19(17-33-10-12-37-13-11-33)14-21(25(23)31-32-26)7-6-20-2-1-3-24(20)34/h4-5,8-9,14-15,20,24,34H,1-3,6-7,10-13,16-17H2,(H,30,36)(H,31,35)/t20-,24+/m1/s1. The van der Waals surface area contributed by atoms with E-state index in [-0.39, 0.29) is 30.0 Å². The quantitative estimate of drug-likeness (QED) is 0.411. The van der Waals surface area contributed by atoms with E-state index >= 15 is 0 Å². The second-order valence-corrected chi connectivity index (χ2v) is 10.5. The molecule has 37 heavy (non-hydrogen) atoms. The number of benzene rings is 2. The van der Waals surface area contributed by atoms with E-state index in [1.807, 2.05) is 18.2 Å². The molecule has 1 aliphatic carbocycles. The molecule has 1 saturated carbocycles. The van der Waals surface area contributed by atoms with Gasteiger partial charge in [-0.1, -0.05) is 36.2 Å². The number of hydrogen-bond acceptors (Lipinski definition) is 7. The number of amides is 1. The highest BCUT2D eigenvalue weighted by Crippen LogP contribution is 2.33. The Hall–Kier alpha value is -2.78. The Balaban J connectivity index is 1.41. The Morgan fingerprint density at radius 2 is 1.89 bits per heavy atom. The molecule has 1 amide bonds. The first kappa shape index (κ1) is 25.9. The lowest BCUT2D eigenvalue weighted by Gasteiger charge is -2.27. The number of aliphatic hydroxyl groups is 1. The van der Waals surface area contributed by atoms with E-state index in [1.165, 1.54) is 0 Å². The Morgan fingerprint density at radius 3 is 2.62 bits per heavy atom. The number of rotatable bonds is 8. The fourth-order valence-electron chi connectivity index (χ4n) is 5.35. The van der Waals surface area contributed by atoms with Crippen molar-refractivity contribution in [2.24, 2.45) is 5.92 Å². The van der Waals surface area contributed by atoms with Gasteiger partial charge in [0.25, 0.3) is 5.91 Å². The maximum atomic E-state index is 12.9. The molecule has 9 heteroatoms. The number of aromatic nitrogens is 2. The summed E-state index contributed by atoms with van der Waals surface area (Å²) in [5.41, 5.74) is 3.42. The number of carbonyl (C=O) groups excluding carboxylic acids is 1. The molecule has 0 spiro atoms. The van der Waals surface area contributed by atoms with Gasteiger partial charge in [0.15, 0.2) is 11.4 Å². The van der Waals surface area contributed by atoms with Crippen molar-refractivity contribution >= 4 is 28.4 Å². The molecule has 1 aliphatic heterocycles. The molecule has 2 atom stereocenters. The number of hydrogen-bond donors (Lipinski definition) is 3. The summed E-state index contributed by atoms with van der Waals surface area (Å²) in [5.74, 6) is -0.377. The van der Waals surface area contributed by atoms with Crippen molar-refractivity contribution in [2.45, 2.75) is 51.3 Å². The molecule has 3 N–H and O–H groups in total. The monoisotopic (exact) mass is 524 g/mol. The van der Waals surface area contributed by atoms with Crippen molar-refractivity contribution in [1.82, 2.24) is 20.4 Å². The minimum atomic E-state index is -0.490. The third-order valence-electron chi connectivity index (χ3n) is 7.47. The molecule has 3 aromatic rings. The van der Waals surface area contributed by atoms with Crippen molar-refractivity contribution in [3.05, 3.63) is 63.8 Å². The zero-order valence-corrected chi connectivity index (χ0v) is 21.6. The van der Waals surface area contributed by atoms with Crippen LogP contribution in [0.4, 0.5) is 0 Å². The summed E-state index contributed by atoms with van der Waals surface area (Å²) in [5, 5.41) is 34.0. The van der Waals surface area contributed by atoms with Crippen LogP contribution in [-0.2, 0) is 24.2 Å². The van der Waals surface area contributed by atoms with Gasteiger partial charge in [0.2, 0.25) is 0 Å². The Morgan fingerprint density at radius 1 is 1.11 bits per heavy atom. The van der Waals surface area contributed by atoms with Crippen LogP contribution in [0.3, 0.4) is 0 Å². The topological polar surface area (TPSA) is 108 Å². The molecule has 0 unspecified atom stereocenters. The van der Waals surface area contributed by atoms with Crippen LogP contribution >= 0.6 is 11.6 Å². The maximum Gasteiger partial charge on any atom is 0.275 e. The molecule has 1 aromatic heterocycles. The van der Waals surface area contributed by atoms with Crippen molar-refractivity contribution in [1.29, 1.82) is 0 Å². The zero-order valence-electron chi connectivity index (χ0n) is 20.8. The summed E-state index contributed by atoms with van der Waals surface area (Å²) >= 11 is 5.94. The van der Waals surface area contributed by atoms with Crippen molar-refractivity contribution < 1.29 is 19.7 Å². The number of aliphatic hydroxyl groups excluding tert-OH is 1. The largest absolute Gasteiger partial charge is 0.505 e. The van der Waals surface area contributed by atoms with Gasteiger partial charge in [0.1, 0.15) is 0 Å². The lowest BCUT2D eigenvalue weighted by atomic mass is 9.94. The lowest BCUT2D eigenvalue weighted by Crippen LogP contribution is -2.35. The Bertz CT molecular complexity index is 1250. The molecular formula is C28H33ClN4O4. The van der Waals surface area contributed by atoms with Gasteiger partial charge in [-0.05, 0) is 66.5 Å². The first-order valence-electron chi connectivity index (χ1n) is 13.0. The van der Waals surface area contributed by atoms with Gasteiger partial charge in [-0.25, -0.2) is 0 Å². The molecule has 5 rings (SSSR count).